The maximum atomic E-state index is 5.89. The van der Waals surface area contributed by atoms with Gasteiger partial charge in [-0.05, 0) is 25.1 Å². The maximum Gasteiger partial charge on any atom is 0.223 e. The van der Waals surface area contributed by atoms with Crippen LogP contribution in [0.1, 0.15) is 5.82 Å². The van der Waals surface area contributed by atoms with Gasteiger partial charge in [-0.1, -0.05) is 23.2 Å². The molecule has 0 spiro atoms. The minimum absolute atomic E-state index is 0.179. The van der Waals surface area contributed by atoms with Crippen LogP contribution in [0.5, 0.6) is 0 Å². The summed E-state index contributed by atoms with van der Waals surface area (Å²) in [7, 11) is 0. The van der Waals surface area contributed by atoms with Crippen LogP contribution in [0.4, 0.5) is 5.95 Å². The third-order valence-electron chi connectivity index (χ3n) is 1.89. The van der Waals surface area contributed by atoms with Crippen LogP contribution in [0, 0.1) is 6.92 Å². The summed E-state index contributed by atoms with van der Waals surface area (Å²) in [6, 6.07) is 5.09. The van der Waals surface area contributed by atoms with Gasteiger partial charge in [0.25, 0.3) is 0 Å². The fourth-order valence-corrected chi connectivity index (χ4v) is 1.84. The Bertz CT molecular complexity index is 452. The number of rotatable bonds is 1. The van der Waals surface area contributed by atoms with E-state index in [-0.39, 0.29) is 5.95 Å². The van der Waals surface area contributed by atoms with Gasteiger partial charge in [0.15, 0.2) is 5.82 Å². The van der Waals surface area contributed by atoms with Crippen molar-refractivity contribution in [2.75, 3.05) is 5.73 Å². The molecule has 1 heterocycles. The quantitative estimate of drug-likeness (QED) is 0.850. The van der Waals surface area contributed by atoms with E-state index in [9.17, 15) is 0 Å². The standard InChI is InChI=1S/C10H8Cl2N4/c1-5-14-9(16-10(13)15-5)6-2-7(11)4-8(12)3-6/h2-4H,1H3,(H2,13,14,15,16). The molecule has 2 rings (SSSR count). The van der Waals surface area contributed by atoms with E-state index < -0.39 is 0 Å². The molecule has 0 saturated heterocycles. The van der Waals surface area contributed by atoms with Crippen LogP contribution in [-0.2, 0) is 0 Å². The van der Waals surface area contributed by atoms with Gasteiger partial charge >= 0.3 is 0 Å². The Morgan fingerprint density at radius 3 is 2.19 bits per heavy atom. The van der Waals surface area contributed by atoms with Crippen molar-refractivity contribution >= 4 is 29.2 Å². The summed E-state index contributed by atoms with van der Waals surface area (Å²) in [5, 5.41) is 1.05. The summed E-state index contributed by atoms with van der Waals surface area (Å²) in [5.41, 5.74) is 6.26. The number of benzene rings is 1. The van der Waals surface area contributed by atoms with E-state index in [1.807, 2.05) is 0 Å². The van der Waals surface area contributed by atoms with Crippen molar-refractivity contribution < 1.29 is 0 Å². The van der Waals surface area contributed by atoms with E-state index in [1.54, 1.807) is 25.1 Å². The molecule has 0 aliphatic rings. The van der Waals surface area contributed by atoms with Crippen LogP contribution in [0.2, 0.25) is 10.0 Å². The van der Waals surface area contributed by atoms with Gasteiger partial charge in [0.05, 0.1) is 0 Å². The van der Waals surface area contributed by atoms with Gasteiger partial charge in [-0.2, -0.15) is 9.97 Å². The highest BCUT2D eigenvalue weighted by Gasteiger charge is 2.06. The highest BCUT2D eigenvalue weighted by atomic mass is 35.5. The summed E-state index contributed by atoms with van der Waals surface area (Å²) in [4.78, 5) is 12.1. The smallest absolute Gasteiger partial charge is 0.223 e. The molecule has 0 unspecified atom stereocenters. The normalized spacial score (nSPS) is 10.4. The van der Waals surface area contributed by atoms with Crippen LogP contribution in [0.25, 0.3) is 11.4 Å². The van der Waals surface area contributed by atoms with Gasteiger partial charge in [-0.3, -0.25) is 0 Å². The minimum Gasteiger partial charge on any atom is -0.368 e. The second-order valence-electron chi connectivity index (χ2n) is 3.22. The number of aryl methyl sites for hydroxylation is 1. The monoisotopic (exact) mass is 254 g/mol. The van der Waals surface area contributed by atoms with Crippen LogP contribution in [0.3, 0.4) is 0 Å². The van der Waals surface area contributed by atoms with Crippen LogP contribution >= 0.6 is 23.2 Å². The second kappa shape index (κ2) is 4.23. The van der Waals surface area contributed by atoms with Crippen LogP contribution in [0.15, 0.2) is 18.2 Å². The van der Waals surface area contributed by atoms with Crippen molar-refractivity contribution in [3.63, 3.8) is 0 Å². The summed E-state index contributed by atoms with van der Waals surface area (Å²) in [6.45, 7) is 1.74. The molecule has 1 aromatic carbocycles. The number of hydrogen-bond donors (Lipinski definition) is 1. The van der Waals surface area contributed by atoms with E-state index >= 15 is 0 Å². The first-order valence-electron chi connectivity index (χ1n) is 4.49. The molecule has 0 atom stereocenters. The third-order valence-corrected chi connectivity index (χ3v) is 2.32. The first-order chi connectivity index (χ1) is 7.54. The number of hydrogen-bond acceptors (Lipinski definition) is 4. The highest BCUT2D eigenvalue weighted by molar-refractivity contribution is 6.35. The Balaban J connectivity index is 2.57. The number of nitrogens with two attached hydrogens (primary N) is 1. The maximum absolute atomic E-state index is 5.89. The molecule has 0 fully saturated rings. The fraction of sp³-hybridized carbons (Fsp3) is 0.100. The lowest BCUT2D eigenvalue weighted by atomic mass is 10.2. The third kappa shape index (κ3) is 2.40. The van der Waals surface area contributed by atoms with Gasteiger partial charge < -0.3 is 5.73 Å². The first-order valence-corrected chi connectivity index (χ1v) is 5.25. The zero-order valence-corrected chi connectivity index (χ0v) is 9.92. The highest BCUT2D eigenvalue weighted by Crippen LogP contribution is 2.25. The molecule has 0 saturated carbocycles. The van der Waals surface area contributed by atoms with E-state index in [0.29, 0.717) is 21.7 Å². The lowest BCUT2D eigenvalue weighted by molar-refractivity contribution is 0.997. The van der Waals surface area contributed by atoms with Gasteiger partial charge in [0, 0.05) is 15.6 Å². The molecular formula is C10H8Cl2N4. The number of halogens is 2. The number of aromatic nitrogens is 3. The molecule has 0 amide bonds. The minimum atomic E-state index is 0.179. The zero-order chi connectivity index (χ0) is 11.7. The predicted molar refractivity (Wildman–Crippen MR) is 64.4 cm³/mol. The molecule has 0 aliphatic carbocycles. The Hall–Kier alpha value is -1.39. The van der Waals surface area contributed by atoms with E-state index in [4.69, 9.17) is 28.9 Å². The lowest BCUT2D eigenvalue weighted by Crippen LogP contribution is -2.01. The molecule has 0 bridgehead atoms. The Kier molecular flexibility index (Phi) is 2.94. The summed E-state index contributed by atoms with van der Waals surface area (Å²) >= 11 is 11.8. The van der Waals surface area contributed by atoms with Crippen molar-refractivity contribution in [3.8, 4) is 11.4 Å². The molecule has 2 aromatic rings. The van der Waals surface area contributed by atoms with Gasteiger partial charge in [-0.15, -0.1) is 0 Å². The predicted octanol–water partition coefficient (Wildman–Crippen LogP) is 2.74. The van der Waals surface area contributed by atoms with Crippen molar-refractivity contribution in [1.29, 1.82) is 0 Å². The molecule has 1 aromatic heterocycles. The largest absolute Gasteiger partial charge is 0.368 e. The number of nitrogen functional groups attached to an aromatic ring is 1. The van der Waals surface area contributed by atoms with Crippen molar-refractivity contribution in [1.82, 2.24) is 15.0 Å². The Morgan fingerprint density at radius 1 is 1.00 bits per heavy atom. The molecule has 0 radical (unpaired) electrons. The molecule has 16 heavy (non-hydrogen) atoms. The van der Waals surface area contributed by atoms with Gasteiger partial charge in [0.1, 0.15) is 5.82 Å². The van der Waals surface area contributed by atoms with E-state index in [0.717, 1.165) is 5.56 Å². The van der Waals surface area contributed by atoms with E-state index in [1.165, 1.54) is 0 Å². The zero-order valence-electron chi connectivity index (χ0n) is 8.41. The fourth-order valence-electron chi connectivity index (χ4n) is 1.31. The molecular weight excluding hydrogens is 247 g/mol. The molecule has 82 valence electrons. The van der Waals surface area contributed by atoms with Crippen molar-refractivity contribution in [3.05, 3.63) is 34.1 Å². The molecule has 6 heteroatoms. The number of anilines is 1. The SMILES string of the molecule is Cc1nc(N)nc(-c2cc(Cl)cc(Cl)c2)n1. The summed E-state index contributed by atoms with van der Waals surface area (Å²) < 4.78 is 0. The molecule has 0 aliphatic heterocycles. The lowest BCUT2D eigenvalue weighted by Gasteiger charge is -2.03. The van der Waals surface area contributed by atoms with Crippen molar-refractivity contribution in [2.45, 2.75) is 6.92 Å². The average molecular weight is 255 g/mol. The molecule has 4 nitrogen and oxygen atoms in total. The first kappa shape index (κ1) is 11.1. The number of nitrogens with zero attached hydrogens (tertiary/aromatic N) is 3. The summed E-state index contributed by atoms with van der Waals surface area (Å²) in [6.07, 6.45) is 0. The molecule has 2 N–H and O–H groups in total. The van der Waals surface area contributed by atoms with E-state index in [2.05, 4.69) is 15.0 Å². The van der Waals surface area contributed by atoms with Crippen LogP contribution in [-0.4, -0.2) is 15.0 Å². The van der Waals surface area contributed by atoms with Crippen LogP contribution < -0.4 is 5.73 Å². The Morgan fingerprint density at radius 2 is 1.62 bits per heavy atom. The Labute approximate surface area is 102 Å². The summed E-state index contributed by atoms with van der Waals surface area (Å²) in [5.74, 6) is 1.20. The van der Waals surface area contributed by atoms with Gasteiger partial charge in [0.2, 0.25) is 5.95 Å². The average Bonchev–Trinajstić information content (AvgIpc) is 2.14. The second-order valence-corrected chi connectivity index (χ2v) is 4.10. The van der Waals surface area contributed by atoms with Gasteiger partial charge in [-0.25, -0.2) is 4.98 Å². The van der Waals surface area contributed by atoms with Crippen molar-refractivity contribution in [2.24, 2.45) is 0 Å². The topological polar surface area (TPSA) is 64.7 Å².